The molecule has 2 aromatic heterocycles. The second-order valence-corrected chi connectivity index (χ2v) is 4.65. The number of nitrogen functional groups attached to an aromatic ring is 1. The van der Waals surface area contributed by atoms with Gasteiger partial charge >= 0.3 is 0 Å². The van der Waals surface area contributed by atoms with E-state index in [1.54, 1.807) is 12.4 Å². The summed E-state index contributed by atoms with van der Waals surface area (Å²) in [6.07, 6.45) is 4.10. The second-order valence-electron chi connectivity index (χ2n) is 4.24. The molecule has 0 radical (unpaired) electrons. The van der Waals surface area contributed by atoms with Crippen LogP contribution in [0.4, 0.5) is 5.82 Å². The summed E-state index contributed by atoms with van der Waals surface area (Å²) in [4.78, 5) is 3.97. The van der Waals surface area contributed by atoms with Crippen molar-refractivity contribution in [3.05, 3.63) is 40.8 Å². The molecule has 0 unspecified atom stereocenters. The van der Waals surface area contributed by atoms with Crippen molar-refractivity contribution in [3.63, 3.8) is 0 Å². The zero-order valence-corrected chi connectivity index (χ0v) is 10.6. The number of nitrogens with two attached hydrogens (primary N) is 1. The van der Waals surface area contributed by atoms with Crippen LogP contribution in [0.1, 0.15) is 31.1 Å². The number of anilines is 1. The zero-order valence-electron chi connectivity index (χ0n) is 9.89. The summed E-state index contributed by atoms with van der Waals surface area (Å²) in [6, 6.07) is 4.08. The van der Waals surface area contributed by atoms with Gasteiger partial charge in [0, 0.05) is 18.7 Å². The Kier molecular flexibility index (Phi) is 3.33. The second kappa shape index (κ2) is 4.75. The van der Waals surface area contributed by atoms with Crippen LogP contribution in [0.25, 0.3) is 0 Å². The highest BCUT2D eigenvalue weighted by molar-refractivity contribution is 6.31. The van der Waals surface area contributed by atoms with Crippen molar-refractivity contribution in [2.75, 3.05) is 5.73 Å². The van der Waals surface area contributed by atoms with Gasteiger partial charge in [0.15, 0.2) is 0 Å². The van der Waals surface area contributed by atoms with Gasteiger partial charge in [-0.25, -0.2) is 4.98 Å². The third-order valence-corrected chi connectivity index (χ3v) is 2.87. The molecule has 0 spiro atoms. The lowest BCUT2D eigenvalue weighted by Crippen LogP contribution is -2.08. The van der Waals surface area contributed by atoms with Crippen LogP contribution in [0, 0.1) is 0 Å². The first-order valence-electron chi connectivity index (χ1n) is 5.50. The standard InChI is InChI=1S/C12H15ClN4/c1-8(2)17-11(10(13)7-16-17)5-9-3-4-15-12(14)6-9/h3-4,6-8H,5H2,1-2H3,(H2,14,15). The number of aromatic nitrogens is 3. The maximum atomic E-state index is 6.15. The number of hydrogen-bond donors (Lipinski definition) is 1. The molecule has 0 saturated carbocycles. The largest absolute Gasteiger partial charge is 0.384 e. The third kappa shape index (κ3) is 2.58. The van der Waals surface area contributed by atoms with Gasteiger partial charge in [-0.05, 0) is 31.5 Å². The summed E-state index contributed by atoms with van der Waals surface area (Å²) >= 11 is 6.15. The summed E-state index contributed by atoms with van der Waals surface area (Å²) in [5, 5.41) is 4.96. The van der Waals surface area contributed by atoms with Crippen LogP contribution in [-0.2, 0) is 6.42 Å². The van der Waals surface area contributed by atoms with Crippen LogP contribution in [0.5, 0.6) is 0 Å². The van der Waals surface area contributed by atoms with Gasteiger partial charge in [-0.2, -0.15) is 5.10 Å². The molecule has 0 atom stereocenters. The number of hydrogen-bond acceptors (Lipinski definition) is 3. The Morgan fingerprint density at radius 2 is 2.24 bits per heavy atom. The average Bonchev–Trinajstić information content (AvgIpc) is 2.61. The predicted octanol–water partition coefficient (Wildman–Crippen LogP) is 2.69. The van der Waals surface area contributed by atoms with Crippen molar-refractivity contribution in [3.8, 4) is 0 Å². The molecule has 2 rings (SSSR count). The fourth-order valence-corrected chi connectivity index (χ4v) is 1.97. The lowest BCUT2D eigenvalue weighted by Gasteiger charge is -2.11. The van der Waals surface area contributed by atoms with E-state index in [9.17, 15) is 0 Å². The van der Waals surface area contributed by atoms with E-state index in [0.717, 1.165) is 11.3 Å². The van der Waals surface area contributed by atoms with Gasteiger partial charge in [-0.1, -0.05) is 11.6 Å². The Hall–Kier alpha value is -1.55. The molecule has 0 aliphatic carbocycles. The van der Waals surface area contributed by atoms with Gasteiger partial charge in [0.25, 0.3) is 0 Å². The fraction of sp³-hybridized carbons (Fsp3) is 0.333. The molecule has 2 N–H and O–H groups in total. The van der Waals surface area contributed by atoms with Crippen LogP contribution in [0.15, 0.2) is 24.5 Å². The van der Waals surface area contributed by atoms with Gasteiger partial charge < -0.3 is 5.73 Å². The average molecular weight is 251 g/mol. The summed E-state index contributed by atoms with van der Waals surface area (Å²) in [7, 11) is 0. The summed E-state index contributed by atoms with van der Waals surface area (Å²) < 4.78 is 1.93. The number of pyridine rings is 1. The Balaban J connectivity index is 2.32. The highest BCUT2D eigenvalue weighted by atomic mass is 35.5. The minimum Gasteiger partial charge on any atom is -0.384 e. The van der Waals surface area contributed by atoms with Crippen LogP contribution in [-0.4, -0.2) is 14.8 Å². The molecule has 0 fully saturated rings. The van der Waals surface area contributed by atoms with Gasteiger partial charge in [0.2, 0.25) is 0 Å². The molecule has 0 bridgehead atoms. The SMILES string of the molecule is CC(C)n1ncc(Cl)c1Cc1ccnc(N)c1. The minimum absolute atomic E-state index is 0.289. The number of nitrogens with zero attached hydrogens (tertiary/aromatic N) is 3. The molecule has 2 heterocycles. The monoisotopic (exact) mass is 250 g/mol. The number of rotatable bonds is 3. The molecule has 0 aliphatic heterocycles. The van der Waals surface area contributed by atoms with E-state index < -0.39 is 0 Å². The Labute approximate surface area is 105 Å². The number of halogens is 1. The van der Waals surface area contributed by atoms with Crippen molar-refractivity contribution < 1.29 is 0 Å². The molecule has 0 aliphatic rings. The quantitative estimate of drug-likeness (QED) is 0.911. The van der Waals surface area contributed by atoms with Gasteiger partial charge in [-0.3, -0.25) is 4.68 Å². The minimum atomic E-state index is 0.289. The first-order chi connectivity index (χ1) is 8.08. The molecule has 0 aromatic carbocycles. The molecular formula is C12H15ClN4. The van der Waals surface area contributed by atoms with Crippen molar-refractivity contribution in [2.45, 2.75) is 26.3 Å². The molecule has 17 heavy (non-hydrogen) atoms. The molecule has 5 heteroatoms. The smallest absolute Gasteiger partial charge is 0.123 e. The molecule has 0 saturated heterocycles. The first kappa shape index (κ1) is 11.9. The lowest BCUT2D eigenvalue weighted by atomic mass is 10.1. The summed E-state index contributed by atoms with van der Waals surface area (Å²) in [5.74, 6) is 0.522. The lowest BCUT2D eigenvalue weighted by molar-refractivity contribution is 0.514. The predicted molar refractivity (Wildman–Crippen MR) is 69.1 cm³/mol. The topological polar surface area (TPSA) is 56.7 Å². The van der Waals surface area contributed by atoms with Crippen LogP contribution < -0.4 is 5.73 Å². The molecule has 4 nitrogen and oxygen atoms in total. The van der Waals surface area contributed by atoms with Gasteiger partial charge in [-0.15, -0.1) is 0 Å². The van der Waals surface area contributed by atoms with E-state index in [2.05, 4.69) is 23.9 Å². The van der Waals surface area contributed by atoms with E-state index in [-0.39, 0.29) is 6.04 Å². The maximum absolute atomic E-state index is 6.15. The first-order valence-corrected chi connectivity index (χ1v) is 5.88. The van der Waals surface area contributed by atoms with Gasteiger partial charge in [0.05, 0.1) is 16.9 Å². The van der Waals surface area contributed by atoms with E-state index in [1.165, 1.54) is 0 Å². The van der Waals surface area contributed by atoms with Crippen molar-refractivity contribution in [1.29, 1.82) is 0 Å². The Morgan fingerprint density at radius 1 is 1.47 bits per heavy atom. The fourth-order valence-electron chi connectivity index (χ4n) is 1.77. The Morgan fingerprint density at radius 3 is 2.88 bits per heavy atom. The van der Waals surface area contributed by atoms with E-state index in [1.807, 2.05) is 16.8 Å². The van der Waals surface area contributed by atoms with Gasteiger partial charge in [0.1, 0.15) is 5.82 Å². The van der Waals surface area contributed by atoms with E-state index in [0.29, 0.717) is 17.3 Å². The van der Waals surface area contributed by atoms with Crippen LogP contribution in [0.3, 0.4) is 0 Å². The third-order valence-electron chi connectivity index (χ3n) is 2.55. The summed E-state index contributed by atoms with van der Waals surface area (Å²) in [5.41, 5.74) is 7.75. The highest BCUT2D eigenvalue weighted by Gasteiger charge is 2.12. The molecule has 0 amide bonds. The van der Waals surface area contributed by atoms with Crippen molar-refractivity contribution in [1.82, 2.24) is 14.8 Å². The van der Waals surface area contributed by atoms with Crippen molar-refractivity contribution in [2.24, 2.45) is 0 Å². The summed E-state index contributed by atoms with van der Waals surface area (Å²) in [6.45, 7) is 4.15. The Bertz CT molecular complexity index is 519. The molecule has 2 aromatic rings. The van der Waals surface area contributed by atoms with E-state index in [4.69, 9.17) is 17.3 Å². The normalized spacial score (nSPS) is 11.1. The van der Waals surface area contributed by atoms with E-state index >= 15 is 0 Å². The maximum Gasteiger partial charge on any atom is 0.123 e. The molecule has 90 valence electrons. The molecular weight excluding hydrogens is 236 g/mol. The zero-order chi connectivity index (χ0) is 12.4. The van der Waals surface area contributed by atoms with Crippen molar-refractivity contribution >= 4 is 17.4 Å². The van der Waals surface area contributed by atoms with Crippen LogP contribution in [0.2, 0.25) is 5.02 Å². The highest BCUT2D eigenvalue weighted by Crippen LogP contribution is 2.22. The van der Waals surface area contributed by atoms with Crippen LogP contribution >= 0.6 is 11.6 Å².